The molecular formula is C16H20ClN3O4. The molecule has 2 fully saturated rings. The van der Waals surface area contributed by atoms with Gasteiger partial charge in [-0.15, -0.1) is 12.4 Å². The largest absolute Gasteiger partial charge is 0.369 e. The summed E-state index contributed by atoms with van der Waals surface area (Å²) in [5.74, 6) is -0.544. The molecule has 3 aliphatic heterocycles. The van der Waals surface area contributed by atoms with Gasteiger partial charge in [0, 0.05) is 38.3 Å². The number of nitrogens with one attached hydrogen (secondary N) is 1. The van der Waals surface area contributed by atoms with E-state index in [1.807, 2.05) is 12.1 Å². The summed E-state index contributed by atoms with van der Waals surface area (Å²) in [5.41, 5.74) is 1.92. The highest BCUT2D eigenvalue weighted by Crippen LogP contribution is 2.30. The molecule has 3 heterocycles. The van der Waals surface area contributed by atoms with Crippen LogP contribution in [-0.4, -0.2) is 62.5 Å². The van der Waals surface area contributed by atoms with Crippen LogP contribution in [0.15, 0.2) is 18.2 Å². The minimum atomic E-state index is -0.529. The molecule has 0 spiro atoms. The van der Waals surface area contributed by atoms with E-state index in [0.717, 1.165) is 31.9 Å². The number of halogens is 1. The number of hydrogen-bond donors (Lipinski definition) is 1. The average molecular weight is 354 g/mol. The number of carbonyl (C=O) groups is 2. The van der Waals surface area contributed by atoms with Crippen LogP contribution < -0.4 is 10.2 Å². The van der Waals surface area contributed by atoms with E-state index in [1.165, 1.54) is 4.90 Å². The standard InChI is InChI=1S/C16H19N3O4.ClH/c20-15-12-2-1-11(18-6-4-17-5-7-18)9-13(12)16(21)19(15)14-3-8-22-10-23-14;/h1-2,9,14,17H,3-8,10H2;1H. The molecule has 1 unspecified atom stereocenters. The molecule has 2 saturated heterocycles. The van der Waals surface area contributed by atoms with Crippen molar-refractivity contribution < 1.29 is 19.1 Å². The van der Waals surface area contributed by atoms with Crippen molar-refractivity contribution in [1.82, 2.24) is 10.2 Å². The number of imide groups is 1. The molecule has 0 radical (unpaired) electrons. The van der Waals surface area contributed by atoms with E-state index in [0.29, 0.717) is 24.2 Å². The van der Waals surface area contributed by atoms with E-state index < -0.39 is 6.23 Å². The van der Waals surface area contributed by atoms with Gasteiger partial charge < -0.3 is 19.7 Å². The summed E-state index contributed by atoms with van der Waals surface area (Å²) < 4.78 is 10.5. The first-order valence-corrected chi connectivity index (χ1v) is 7.92. The maximum absolute atomic E-state index is 12.7. The van der Waals surface area contributed by atoms with Gasteiger partial charge in [0.05, 0.1) is 17.7 Å². The molecule has 0 aliphatic carbocycles. The fraction of sp³-hybridized carbons (Fsp3) is 0.500. The summed E-state index contributed by atoms with van der Waals surface area (Å²) in [5, 5.41) is 3.30. The normalized spacial score (nSPS) is 23.9. The molecule has 7 nitrogen and oxygen atoms in total. The number of hydrogen-bond acceptors (Lipinski definition) is 6. The molecule has 1 N–H and O–H groups in total. The van der Waals surface area contributed by atoms with Crippen LogP contribution in [0, 0.1) is 0 Å². The van der Waals surface area contributed by atoms with Crippen LogP contribution in [0.25, 0.3) is 0 Å². The maximum Gasteiger partial charge on any atom is 0.263 e. The van der Waals surface area contributed by atoms with Crippen LogP contribution in [0.3, 0.4) is 0 Å². The Morgan fingerprint density at radius 3 is 2.54 bits per heavy atom. The van der Waals surface area contributed by atoms with E-state index in [1.54, 1.807) is 6.07 Å². The van der Waals surface area contributed by atoms with Crippen molar-refractivity contribution in [2.45, 2.75) is 12.6 Å². The van der Waals surface area contributed by atoms with Gasteiger partial charge >= 0.3 is 0 Å². The zero-order valence-corrected chi connectivity index (χ0v) is 14.0. The molecule has 2 amide bonds. The number of amides is 2. The van der Waals surface area contributed by atoms with Crippen molar-refractivity contribution >= 4 is 29.9 Å². The molecule has 0 bridgehead atoms. The smallest absolute Gasteiger partial charge is 0.263 e. The quantitative estimate of drug-likeness (QED) is 0.794. The lowest BCUT2D eigenvalue weighted by Gasteiger charge is -2.29. The first kappa shape index (κ1) is 17.2. The van der Waals surface area contributed by atoms with Crippen molar-refractivity contribution in [2.75, 3.05) is 44.5 Å². The summed E-state index contributed by atoms with van der Waals surface area (Å²) in [6, 6.07) is 5.51. The van der Waals surface area contributed by atoms with E-state index in [9.17, 15) is 9.59 Å². The van der Waals surface area contributed by atoms with E-state index in [4.69, 9.17) is 9.47 Å². The number of rotatable bonds is 2. The number of benzene rings is 1. The SMILES string of the molecule is Cl.O=C1c2ccc(N3CCNCC3)cc2C(=O)N1C1CCOCO1. The van der Waals surface area contributed by atoms with Crippen LogP contribution in [0.1, 0.15) is 27.1 Å². The Labute approximate surface area is 146 Å². The summed E-state index contributed by atoms with van der Waals surface area (Å²) in [6.45, 7) is 4.24. The third-order valence-electron chi connectivity index (χ3n) is 4.52. The molecule has 24 heavy (non-hydrogen) atoms. The molecule has 0 aromatic heterocycles. The van der Waals surface area contributed by atoms with Crippen molar-refractivity contribution in [3.8, 4) is 0 Å². The average Bonchev–Trinajstić information content (AvgIpc) is 2.87. The summed E-state index contributed by atoms with van der Waals surface area (Å²) in [4.78, 5) is 28.7. The lowest BCUT2D eigenvalue weighted by atomic mass is 10.1. The lowest BCUT2D eigenvalue weighted by molar-refractivity contribution is -0.169. The number of anilines is 1. The van der Waals surface area contributed by atoms with Gasteiger partial charge in [0.15, 0.2) is 0 Å². The van der Waals surface area contributed by atoms with Gasteiger partial charge in [0.1, 0.15) is 13.0 Å². The second-order valence-electron chi connectivity index (χ2n) is 5.88. The summed E-state index contributed by atoms with van der Waals surface area (Å²) in [6.07, 6.45) is -0.0189. The Morgan fingerprint density at radius 2 is 1.83 bits per heavy atom. The second-order valence-corrected chi connectivity index (χ2v) is 5.88. The van der Waals surface area contributed by atoms with Gasteiger partial charge in [0.25, 0.3) is 11.8 Å². The van der Waals surface area contributed by atoms with Crippen molar-refractivity contribution in [1.29, 1.82) is 0 Å². The summed E-state index contributed by atoms with van der Waals surface area (Å²) >= 11 is 0. The first-order valence-electron chi connectivity index (χ1n) is 7.92. The van der Waals surface area contributed by atoms with E-state index >= 15 is 0 Å². The van der Waals surface area contributed by atoms with Gasteiger partial charge in [-0.05, 0) is 18.2 Å². The predicted octanol–water partition coefficient (Wildman–Crippen LogP) is 0.835. The number of nitrogens with zero attached hydrogens (tertiary/aromatic N) is 2. The zero-order valence-electron chi connectivity index (χ0n) is 13.2. The number of carbonyl (C=O) groups excluding carboxylic acids is 2. The molecule has 4 rings (SSSR count). The number of ether oxygens (including phenoxy) is 2. The zero-order chi connectivity index (χ0) is 15.8. The molecule has 1 aromatic rings. The van der Waals surface area contributed by atoms with Crippen LogP contribution in [0.5, 0.6) is 0 Å². The molecular weight excluding hydrogens is 334 g/mol. The molecule has 1 atom stereocenters. The van der Waals surface area contributed by atoms with Crippen LogP contribution in [0.2, 0.25) is 0 Å². The Bertz CT molecular complexity index is 642. The predicted molar refractivity (Wildman–Crippen MR) is 89.6 cm³/mol. The van der Waals surface area contributed by atoms with Gasteiger partial charge in [-0.2, -0.15) is 0 Å². The Morgan fingerprint density at radius 1 is 1.08 bits per heavy atom. The maximum atomic E-state index is 12.7. The van der Waals surface area contributed by atoms with Gasteiger partial charge in [0.2, 0.25) is 0 Å². The summed E-state index contributed by atoms with van der Waals surface area (Å²) in [7, 11) is 0. The van der Waals surface area contributed by atoms with Gasteiger partial charge in [-0.3, -0.25) is 9.59 Å². The molecule has 130 valence electrons. The highest BCUT2D eigenvalue weighted by molar-refractivity contribution is 6.21. The van der Waals surface area contributed by atoms with Gasteiger partial charge in [-0.1, -0.05) is 0 Å². The van der Waals surface area contributed by atoms with E-state index in [-0.39, 0.29) is 31.0 Å². The monoisotopic (exact) mass is 353 g/mol. The Kier molecular flexibility index (Phi) is 5.05. The van der Waals surface area contributed by atoms with Crippen LogP contribution >= 0.6 is 12.4 Å². The Hall–Kier alpha value is -1.67. The highest BCUT2D eigenvalue weighted by Gasteiger charge is 2.41. The van der Waals surface area contributed by atoms with E-state index in [2.05, 4.69) is 10.2 Å². The highest BCUT2D eigenvalue weighted by atomic mass is 35.5. The minimum Gasteiger partial charge on any atom is -0.369 e. The third kappa shape index (κ3) is 2.88. The van der Waals surface area contributed by atoms with Crippen molar-refractivity contribution in [3.63, 3.8) is 0 Å². The molecule has 8 heteroatoms. The topological polar surface area (TPSA) is 71.1 Å². The number of fused-ring (bicyclic) bond motifs is 1. The lowest BCUT2D eigenvalue weighted by Crippen LogP contribution is -2.44. The minimum absolute atomic E-state index is 0. The fourth-order valence-corrected chi connectivity index (χ4v) is 3.29. The first-order chi connectivity index (χ1) is 11.3. The van der Waals surface area contributed by atoms with Crippen molar-refractivity contribution in [3.05, 3.63) is 29.3 Å². The van der Waals surface area contributed by atoms with Crippen LogP contribution in [0.4, 0.5) is 5.69 Å². The molecule has 0 saturated carbocycles. The van der Waals surface area contributed by atoms with Crippen LogP contribution in [-0.2, 0) is 9.47 Å². The molecule has 3 aliphatic rings. The van der Waals surface area contributed by atoms with Crippen molar-refractivity contribution in [2.24, 2.45) is 0 Å². The fourth-order valence-electron chi connectivity index (χ4n) is 3.29. The Balaban J connectivity index is 0.00000169. The third-order valence-corrected chi connectivity index (χ3v) is 4.52. The van der Waals surface area contributed by atoms with Gasteiger partial charge in [-0.25, -0.2) is 4.90 Å². The number of piperazine rings is 1. The second kappa shape index (κ2) is 7.06. The molecule has 1 aromatic carbocycles.